The summed E-state index contributed by atoms with van der Waals surface area (Å²) in [6.07, 6.45) is 2.23. The summed E-state index contributed by atoms with van der Waals surface area (Å²) in [6.45, 7) is 8.94. The number of thiocyanates is 1. The van der Waals surface area contributed by atoms with E-state index in [1.165, 1.54) is 22.9 Å². The molecule has 0 heterocycles. The predicted octanol–water partition coefficient (Wildman–Crippen LogP) is 5.08. The Morgan fingerprint density at radius 1 is 1.22 bits per heavy atom. The molecule has 1 aromatic rings. The van der Waals surface area contributed by atoms with Gasteiger partial charge in [-0.3, -0.25) is 0 Å². The molecule has 0 saturated heterocycles. The molecule has 1 atom stereocenters. The zero-order chi connectivity index (χ0) is 13.6. The zero-order valence-corrected chi connectivity index (χ0v) is 12.7. The number of nitrogens with zero attached hydrogens (tertiary/aromatic N) is 1. The summed E-state index contributed by atoms with van der Waals surface area (Å²) in [7, 11) is 0. The number of benzene rings is 1. The second kappa shape index (κ2) is 6.85. The lowest BCUT2D eigenvalue weighted by Crippen LogP contribution is -2.11. The van der Waals surface area contributed by atoms with Crippen molar-refractivity contribution < 1.29 is 0 Å². The van der Waals surface area contributed by atoms with Crippen LogP contribution in [0.4, 0.5) is 0 Å². The van der Waals surface area contributed by atoms with E-state index >= 15 is 0 Å². The van der Waals surface area contributed by atoms with Crippen molar-refractivity contribution in [3.63, 3.8) is 0 Å². The maximum Gasteiger partial charge on any atom is 0.133 e. The maximum atomic E-state index is 8.56. The van der Waals surface area contributed by atoms with Crippen LogP contribution in [-0.4, -0.2) is 5.75 Å². The van der Waals surface area contributed by atoms with Crippen molar-refractivity contribution in [2.24, 2.45) is 0 Å². The van der Waals surface area contributed by atoms with Crippen LogP contribution in [0.3, 0.4) is 0 Å². The van der Waals surface area contributed by atoms with Gasteiger partial charge in [-0.15, -0.1) is 0 Å². The molecule has 0 amide bonds. The Kier molecular flexibility index (Phi) is 5.75. The number of nitriles is 1. The van der Waals surface area contributed by atoms with Gasteiger partial charge in [-0.05, 0) is 47.1 Å². The topological polar surface area (TPSA) is 23.8 Å². The van der Waals surface area contributed by atoms with Gasteiger partial charge in [0.1, 0.15) is 5.40 Å². The molecule has 98 valence electrons. The molecule has 1 unspecified atom stereocenters. The van der Waals surface area contributed by atoms with Crippen LogP contribution in [0.15, 0.2) is 24.3 Å². The Labute approximate surface area is 116 Å². The molecule has 0 aliphatic rings. The van der Waals surface area contributed by atoms with Gasteiger partial charge in [0.05, 0.1) is 0 Å². The van der Waals surface area contributed by atoms with E-state index in [2.05, 4.69) is 57.4 Å². The fourth-order valence-corrected chi connectivity index (χ4v) is 2.60. The van der Waals surface area contributed by atoms with Crippen molar-refractivity contribution in [1.29, 1.82) is 5.26 Å². The quantitative estimate of drug-likeness (QED) is 0.545. The summed E-state index contributed by atoms with van der Waals surface area (Å²) in [4.78, 5) is 0. The molecule has 1 aromatic carbocycles. The van der Waals surface area contributed by atoms with Crippen molar-refractivity contribution in [3.8, 4) is 5.40 Å². The first-order chi connectivity index (χ1) is 8.49. The summed E-state index contributed by atoms with van der Waals surface area (Å²) in [6, 6.07) is 9.00. The Morgan fingerprint density at radius 2 is 1.83 bits per heavy atom. The highest BCUT2D eigenvalue weighted by molar-refractivity contribution is 8.03. The SMILES string of the molecule is CCC(CCSC#N)c1ccc(C(C)(C)C)cc1. The minimum atomic E-state index is 0.219. The van der Waals surface area contributed by atoms with E-state index in [9.17, 15) is 0 Å². The number of thioether (sulfide) groups is 1. The molecule has 0 aliphatic heterocycles. The van der Waals surface area contributed by atoms with Crippen LogP contribution >= 0.6 is 11.8 Å². The molecule has 0 spiro atoms. The van der Waals surface area contributed by atoms with Gasteiger partial charge >= 0.3 is 0 Å². The molecule has 0 aromatic heterocycles. The molecule has 1 rings (SSSR count). The van der Waals surface area contributed by atoms with Gasteiger partial charge in [0.15, 0.2) is 0 Å². The largest absolute Gasteiger partial charge is 0.185 e. The highest BCUT2D eigenvalue weighted by Crippen LogP contribution is 2.28. The molecule has 1 nitrogen and oxygen atoms in total. The molecule has 18 heavy (non-hydrogen) atoms. The molecule has 2 heteroatoms. The molecular weight excluding hydrogens is 238 g/mol. The summed E-state index contributed by atoms with van der Waals surface area (Å²) in [5, 5.41) is 10.7. The average Bonchev–Trinajstić information content (AvgIpc) is 2.34. The lowest BCUT2D eigenvalue weighted by Gasteiger charge is -2.21. The molecule has 0 radical (unpaired) electrons. The standard InChI is InChI=1S/C16H23NS/c1-5-13(10-11-18-12-17)14-6-8-15(9-7-14)16(2,3)4/h6-9,13H,5,10-11H2,1-4H3. The van der Waals surface area contributed by atoms with Gasteiger partial charge in [0, 0.05) is 5.75 Å². The van der Waals surface area contributed by atoms with E-state index in [1.807, 2.05) is 0 Å². The van der Waals surface area contributed by atoms with Gasteiger partial charge in [0.2, 0.25) is 0 Å². The van der Waals surface area contributed by atoms with Crippen LogP contribution in [0, 0.1) is 10.7 Å². The third-order valence-electron chi connectivity index (χ3n) is 3.37. The van der Waals surface area contributed by atoms with E-state index in [0.29, 0.717) is 5.92 Å². The average molecular weight is 261 g/mol. The molecular formula is C16H23NS. The normalized spacial score (nSPS) is 13.1. The van der Waals surface area contributed by atoms with Crippen molar-refractivity contribution in [2.75, 3.05) is 5.75 Å². The fraction of sp³-hybridized carbons (Fsp3) is 0.562. The monoisotopic (exact) mass is 261 g/mol. The van der Waals surface area contributed by atoms with Gasteiger partial charge < -0.3 is 0 Å². The maximum absolute atomic E-state index is 8.56. The van der Waals surface area contributed by atoms with Gasteiger partial charge in [-0.25, -0.2) is 0 Å². The van der Waals surface area contributed by atoms with Crippen LogP contribution in [0.1, 0.15) is 57.6 Å². The second-order valence-electron chi connectivity index (χ2n) is 5.71. The smallest absolute Gasteiger partial charge is 0.133 e. The van der Waals surface area contributed by atoms with Crippen molar-refractivity contribution >= 4 is 11.8 Å². The van der Waals surface area contributed by atoms with Crippen LogP contribution in [-0.2, 0) is 5.41 Å². The molecule has 0 bridgehead atoms. The van der Waals surface area contributed by atoms with E-state index in [0.717, 1.165) is 18.6 Å². The van der Waals surface area contributed by atoms with Crippen molar-refractivity contribution in [1.82, 2.24) is 0 Å². The fourth-order valence-electron chi connectivity index (χ4n) is 2.11. The van der Waals surface area contributed by atoms with E-state index in [-0.39, 0.29) is 5.41 Å². The molecule has 0 N–H and O–H groups in total. The van der Waals surface area contributed by atoms with Gasteiger partial charge in [-0.2, -0.15) is 5.26 Å². The third kappa shape index (κ3) is 4.38. The zero-order valence-electron chi connectivity index (χ0n) is 11.9. The Morgan fingerprint density at radius 3 is 2.28 bits per heavy atom. The number of hydrogen-bond donors (Lipinski definition) is 0. The lowest BCUT2D eigenvalue weighted by molar-refractivity contribution is 0.588. The summed E-state index contributed by atoms with van der Waals surface area (Å²) in [5.41, 5.74) is 3.01. The Balaban J connectivity index is 2.73. The number of rotatable bonds is 5. The first kappa shape index (κ1) is 15.1. The third-order valence-corrected chi connectivity index (χ3v) is 3.94. The Hall–Kier alpha value is -0.940. The summed E-state index contributed by atoms with van der Waals surface area (Å²) in [5.74, 6) is 1.51. The first-order valence-corrected chi connectivity index (χ1v) is 7.59. The number of hydrogen-bond acceptors (Lipinski definition) is 2. The lowest BCUT2D eigenvalue weighted by atomic mass is 9.85. The van der Waals surface area contributed by atoms with E-state index in [4.69, 9.17) is 5.26 Å². The van der Waals surface area contributed by atoms with Crippen LogP contribution in [0.5, 0.6) is 0 Å². The molecule has 0 aliphatic carbocycles. The molecule has 0 saturated carbocycles. The Bertz CT molecular complexity index is 395. The summed E-state index contributed by atoms with van der Waals surface area (Å²) >= 11 is 1.36. The van der Waals surface area contributed by atoms with Crippen LogP contribution in [0.25, 0.3) is 0 Å². The van der Waals surface area contributed by atoms with Crippen LogP contribution in [0.2, 0.25) is 0 Å². The minimum absolute atomic E-state index is 0.219. The van der Waals surface area contributed by atoms with Gasteiger partial charge in [0.25, 0.3) is 0 Å². The second-order valence-corrected chi connectivity index (χ2v) is 6.59. The van der Waals surface area contributed by atoms with Crippen molar-refractivity contribution in [2.45, 2.75) is 51.9 Å². The predicted molar refractivity (Wildman–Crippen MR) is 80.9 cm³/mol. The van der Waals surface area contributed by atoms with Crippen molar-refractivity contribution in [3.05, 3.63) is 35.4 Å². The van der Waals surface area contributed by atoms with Gasteiger partial charge in [-0.1, -0.05) is 52.0 Å². The highest BCUT2D eigenvalue weighted by atomic mass is 32.2. The first-order valence-electron chi connectivity index (χ1n) is 6.60. The highest BCUT2D eigenvalue weighted by Gasteiger charge is 2.14. The van der Waals surface area contributed by atoms with E-state index < -0.39 is 0 Å². The van der Waals surface area contributed by atoms with E-state index in [1.54, 1.807) is 0 Å². The summed E-state index contributed by atoms with van der Waals surface area (Å²) < 4.78 is 0. The van der Waals surface area contributed by atoms with Crippen LogP contribution < -0.4 is 0 Å². The minimum Gasteiger partial charge on any atom is -0.185 e. The molecule has 0 fully saturated rings.